The molecule has 1 atom stereocenters. The second-order valence-electron chi connectivity index (χ2n) is 6.05. The molecule has 7 nitrogen and oxygen atoms in total. The highest BCUT2D eigenvalue weighted by Gasteiger charge is 2.26. The lowest BCUT2D eigenvalue weighted by molar-refractivity contribution is -0.126. The third kappa shape index (κ3) is 2.68. The van der Waals surface area contributed by atoms with Crippen LogP contribution in [0.2, 0.25) is 0 Å². The fourth-order valence-corrected chi connectivity index (χ4v) is 3.11. The predicted octanol–water partition coefficient (Wildman–Crippen LogP) is 0.998. The summed E-state index contributed by atoms with van der Waals surface area (Å²) in [7, 11) is 0. The van der Waals surface area contributed by atoms with Gasteiger partial charge in [0.25, 0.3) is 0 Å². The summed E-state index contributed by atoms with van der Waals surface area (Å²) < 4.78 is 1.55. The Bertz CT molecular complexity index is 959. The van der Waals surface area contributed by atoms with Gasteiger partial charge in [-0.3, -0.25) is 14.3 Å². The van der Waals surface area contributed by atoms with E-state index in [1.807, 2.05) is 30.3 Å². The molecular formula is C17H17N5O2. The number of aryl methyl sites for hydroxylation is 1. The second kappa shape index (κ2) is 5.92. The number of H-pyrrole nitrogens is 1. The van der Waals surface area contributed by atoms with Crippen LogP contribution in [0.5, 0.6) is 0 Å². The maximum absolute atomic E-state index is 12.4. The van der Waals surface area contributed by atoms with Crippen molar-refractivity contribution in [3.05, 3.63) is 58.4 Å². The molecule has 1 aromatic carbocycles. The largest absolute Gasteiger partial charge is 0.352 e. The lowest BCUT2D eigenvalue weighted by Gasteiger charge is -2.21. The van der Waals surface area contributed by atoms with Gasteiger partial charge >= 0.3 is 5.69 Å². The van der Waals surface area contributed by atoms with E-state index >= 15 is 0 Å². The molecule has 0 saturated carbocycles. The fraction of sp³-hybridized carbons (Fsp3) is 0.294. The van der Waals surface area contributed by atoms with Crippen LogP contribution in [0.3, 0.4) is 0 Å². The summed E-state index contributed by atoms with van der Waals surface area (Å²) in [4.78, 5) is 28.4. The molecule has 0 fully saturated rings. The van der Waals surface area contributed by atoms with E-state index in [4.69, 9.17) is 0 Å². The molecular weight excluding hydrogens is 306 g/mol. The molecule has 1 aliphatic rings. The summed E-state index contributed by atoms with van der Waals surface area (Å²) in [5, 5.41) is 10.4. The number of rotatable bonds is 3. The van der Waals surface area contributed by atoms with Crippen molar-refractivity contribution in [3.63, 3.8) is 0 Å². The number of benzene rings is 1. The van der Waals surface area contributed by atoms with Gasteiger partial charge in [0.1, 0.15) is 5.82 Å². The lowest BCUT2D eigenvalue weighted by Crippen LogP contribution is -2.38. The van der Waals surface area contributed by atoms with E-state index in [0.717, 1.165) is 22.3 Å². The van der Waals surface area contributed by atoms with Crippen molar-refractivity contribution in [2.45, 2.75) is 25.9 Å². The van der Waals surface area contributed by atoms with Crippen molar-refractivity contribution in [2.75, 3.05) is 0 Å². The SMILES string of the molecule is O=C(NCc1cnc2ccccc2c1)C1CCc2n[nH]c(=O)n2C1. The monoisotopic (exact) mass is 323 g/mol. The topological polar surface area (TPSA) is 92.7 Å². The molecule has 1 amide bonds. The number of para-hydroxylation sites is 1. The Balaban J connectivity index is 1.43. The summed E-state index contributed by atoms with van der Waals surface area (Å²) in [6, 6.07) is 9.91. The van der Waals surface area contributed by atoms with E-state index in [9.17, 15) is 9.59 Å². The van der Waals surface area contributed by atoms with Gasteiger partial charge in [0, 0.05) is 31.1 Å². The Morgan fingerprint density at radius 3 is 3.17 bits per heavy atom. The van der Waals surface area contributed by atoms with Gasteiger partial charge in [0.2, 0.25) is 5.91 Å². The Labute approximate surface area is 137 Å². The van der Waals surface area contributed by atoms with Crippen molar-refractivity contribution in [2.24, 2.45) is 5.92 Å². The number of carbonyl (C=O) groups is 1. The van der Waals surface area contributed by atoms with Gasteiger partial charge in [-0.1, -0.05) is 18.2 Å². The number of aromatic amines is 1. The first-order valence-electron chi connectivity index (χ1n) is 7.96. The zero-order valence-corrected chi connectivity index (χ0v) is 13.0. The van der Waals surface area contributed by atoms with Crippen LogP contribution >= 0.6 is 0 Å². The maximum atomic E-state index is 12.4. The minimum Gasteiger partial charge on any atom is -0.352 e. The number of amides is 1. The third-order valence-corrected chi connectivity index (χ3v) is 4.44. The molecule has 1 aliphatic heterocycles. The highest BCUT2D eigenvalue weighted by Crippen LogP contribution is 2.17. The van der Waals surface area contributed by atoms with Gasteiger partial charge in [0.05, 0.1) is 11.4 Å². The number of fused-ring (bicyclic) bond motifs is 2. The van der Waals surface area contributed by atoms with E-state index < -0.39 is 0 Å². The Hall–Kier alpha value is -2.96. The molecule has 0 spiro atoms. The van der Waals surface area contributed by atoms with E-state index in [0.29, 0.717) is 25.9 Å². The molecule has 0 bridgehead atoms. The van der Waals surface area contributed by atoms with Gasteiger partial charge < -0.3 is 5.32 Å². The van der Waals surface area contributed by atoms with Crippen LogP contribution in [0.15, 0.2) is 41.3 Å². The Kier molecular flexibility index (Phi) is 3.60. The lowest BCUT2D eigenvalue weighted by atomic mass is 9.98. The van der Waals surface area contributed by atoms with Gasteiger partial charge in [-0.05, 0) is 24.1 Å². The minimum absolute atomic E-state index is 0.0399. The minimum atomic E-state index is -0.249. The van der Waals surface area contributed by atoms with Crippen LogP contribution in [0.4, 0.5) is 0 Å². The summed E-state index contributed by atoms with van der Waals surface area (Å²) in [5.41, 5.74) is 1.65. The first-order chi connectivity index (χ1) is 11.7. The average Bonchev–Trinajstić information content (AvgIpc) is 3.00. The van der Waals surface area contributed by atoms with Crippen molar-refractivity contribution in [1.82, 2.24) is 25.1 Å². The predicted molar refractivity (Wildman–Crippen MR) is 88.2 cm³/mol. The normalized spacial score (nSPS) is 16.8. The van der Waals surface area contributed by atoms with Crippen LogP contribution in [0, 0.1) is 5.92 Å². The average molecular weight is 323 g/mol. The van der Waals surface area contributed by atoms with Crippen LogP contribution in [0.25, 0.3) is 10.9 Å². The van der Waals surface area contributed by atoms with E-state index in [1.54, 1.807) is 10.8 Å². The molecule has 3 heterocycles. The Morgan fingerprint density at radius 1 is 1.38 bits per heavy atom. The molecule has 2 aromatic heterocycles. The molecule has 0 aliphatic carbocycles. The number of carbonyl (C=O) groups excluding carboxylic acids is 1. The summed E-state index contributed by atoms with van der Waals surface area (Å²) in [5.74, 6) is 0.478. The zero-order chi connectivity index (χ0) is 16.5. The number of pyridine rings is 1. The van der Waals surface area contributed by atoms with Gasteiger partial charge in [0.15, 0.2) is 0 Å². The highest BCUT2D eigenvalue weighted by molar-refractivity contribution is 5.80. The summed E-state index contributed by atoms with van der Waals surface area (Å²) >= 11 is 0. The van der Waals surface area contributed by atoms with Crippen LogP contribution in [-0.2, 0) is 24.3 Å². The maximum Gasteiger partial charge on any atom is 0.343 e. The molecule has 2 N–H and O–H groups in total. The second-order valence-corrected chi connectivity index (χ2v) is 6.05. The van der Waals surface area contributed by atoms with Crippen molar-refractivity contribution in [3.8, 4) is 0 Å². The van der Waals surface area contributed by atoms with Gasteiger partial charge in [-0.15, -0.1) is 0 Å². The number of hydrogen-bond acceptors (Lipinski definition) is 4. The van der Waals surface area contributed by atoms with E-state index in [1.165, 1.54) is 0 Å². The zero-order valence-electron chi connectivity index (χ0n) is 13.0. The van der Waals surface area contributed by atoms with E-state index in [-0.39, 0.29) is 17.5 Å². The van der Waals surface area contributed by atoms with Gasteiger partial charge in [-0.2, -0.15) is 5.10 Å². The molecule has 24 heavy (non-hydrogen) atoms. The highest BCUT2D eigenvalue weighted by atomic mass is 16.2. The number of aromatic nitrogens is 4. The number of nitrogens with zero attached hydrogens (tertiary/aromatic N) is 3. The Morgan fingerprint density at radius 2 is 2.25 bits per heavy atom. The number of nitrogens with one attached hydrogen (secondary N) is 2. The first-order valence-corrected chi connectivity index (χ1v) is 7.96. The standard InChI is InChI=1S/C17H17N5O2/c23-16(13-5-6-15-20-21-17(24)22(15)10-13)19-9-11-7-12-3-1-2-4-14(12)18-8-11/h1-4,7-8,13H,5-6,9-10H2,(H,19,23)(H,21,24). The summed E-state index contributed by atoms with van der Waals surface area (Å²) in [6.45, 7) is 0.812. The first kappa shape index (κ1) is 14.6. The number of hydrogen-bond donors (Lipinski definition) is 2. The fourth-order valence-electron chi connectivity index (χ4n) is 3.11. The van der Waals surface area contributed by atoms with Crippen LogP contribution in [0.1, 0.15) is 17.8 Å². The molecule has 122 valence electrons. The quantitative estimate of drug-likeness (QED) is 0.752. The molecule has 0 saturated heterocycles. The van der Waals surface area contributed by atoms with Crippen molar-refractivity contribution < 1.29 is 4.79 Å². The molecule has 0 radical (unpaired) electrons. The molecule has 4 rings (SSSR count). The third-order valence-electron chi connectivity index (χ3n) is 4.44. The van der Waals surface area contributed by atoms with Crippen molar-refractivity contribution in [1.29, 1.82) is 0 Å². The molecule has 7 heteroatoms. The van der Waals surface area contributed by atoms with Crippen LogP contribution in [-0.4, -0.2) is 25.7 Å². The summed E-state index contributed by atoms with van der Waals surface area (Å²) in [6.07, 6.45) is 3.11. The molecule has 1 unspecified atom stereocenters. The van der Waals surface area contributed by atoms with Crippen LogP contribution < -0.4 is 11.0 Å². The molecule has 3 aromatic rings. The van der Waals surface area contributed by atoms with E-state index in [2.05, 4.69) is 20.5 Å². The van der Waals surface area contributed by atoms with Gasteiger partial charge in [-0.25, -0.2) is 9.89 Å². The van der Waals surface area contributed by atoms with Crippen molar-refractivity contribution >= 4 is 16.8 Å². The smallest absolute Gasteiger partial charge is 0.343 e.